The van der Waals surface area contributed by atoms with Gasteiger partial charge in [0.1, 0.15) is 12.5 Å². The van der Waals surface area contributed by atoms with Crippen LogP contribution in [-0.4, -0.2) is 78.8 Å². The first-order valence-electron chi connectivity index (χ1n) is 10.7. The van der Waals surface area contributed by atoms with E-state index in [1.165, 1.54) is 0 Å². The van der Waals surface area contributed by atoms with Gasteiger partial charge < -0.3 is 18.9 Å². The van der Waals surface area contributed by atoms with Crippen LogP contribution in [0.5, 0.6) is 5.75 Å². The normalized spacial score (nSPS) is 18.2. The molecule has 0 bridgehead atoms. The number of allylic oxidation sites excluding steroid dienone is 1. The van der Waals surface area contributed by atoms with Crippen molar-refractivity contribution < 1.29 is 14.3 Å². The minimum atomic E-state index is -0.254. The van der Waals surface area contributed by atoms with E-state index < -0.39 is 0 Å². The number of carbonyl (C=O) groups is 1. The number of ether oxygens (including phenoxy) is 2. The largest absolute Gasteiger partial charge is 0.478 e. The number of benzene rings is 1. The van der Waals surface area contributed by atoms with Crippen molar-refractivity contribution in [2.24, 2.45) is 0 Å². The van der Waals surface area contributed by atoms with E-state index in [4.69, 9.17) is 9.47 Å². The van der Waals surface area contributed by atoms with Gasteiger partial charge in [0.25, 0.3) is 0 Å². The van der Waals surface area contributed by atoms with Crippen LogP contribution in [0.2, 0.25) is 0 Å². The first-order valence-corrected chi connectivity index (χ1v) is 10.7. The fraction of sp³-hybridized carbons (Fsp3) is 0.522. The number of rotatable bonds is 6. The third kappa shape index (κ3) is 3.85. The van der Waals surface area contributed by atoms with E-state index in [1.54, 1.807) is 0 Å². The number of nitrogens with zero attached hydrogens (tertiary/aromatic N) is 4. The van der Waals surface area contributed by atoms with Gasteiger partial charge in [-0.05, 0) is 33.2 Å². The van der Waals surface area contributed by atoms with Crippen LogP contribution in [0.15, 0.2) is 24.8 Å². The van der Waals surface area contributed by atoms with Crippen LogP contribution < -0.4 is 4.74 Å². The number of likely N-dealkylation sites (N-methyl/N-ethyl adjacent to an activating group) is 1. The Morgan fingerprint density at radius 3 is 2.67 bits per heavy atom. The number of fused-ring (bicyclic) bond motifs is 3. The molecular weight excluding hydrogens is 380 g/mol. The summed E-state index contributed by atoms with van der Waals surface area (Å²) in [6.07, 6.45) is 1.89. The molecule has 7 heteroatoms. The molecule has 0 spiro atoms. The molecule has 1 fully saturated rings. The molecule has 0 saturated carbocycles. The molecule has 0 atom stereocenters. The van der Waals surface area contributed by atoms with Crippen molar-refractivity contribution in [2.45, 2.75) is 26.6 Å². The number of piperazine rings is 1. The maximum absolute atomic E-state index is 13.2. The van der Waals surface area contributed by atoms with Crippen LogP contribution in [-0.2, 0) is 24.4 Å². The van der Waals surface area contributed by atoms with Crippen LogP contribution in [0.25, 0.3) is 10.9 Å². The third-order valence-electron chi connectivity index (χ3n) is 6.03. The second-order valence-electron chi connectivity index (χ2n) is 8.24. The average Bonchev–Trinajstić information content (AvgIpc) is 3.04. The fourth-order valence-electron chi connectivity index (χ4n) is 4.48. The van der Waals surface area contributed by atoms with Gasteiger partial charge in [-0.15, -0.1) is 6.58 Å². The predicted octanol–water partition coefficient (Wildman–Crippen LogP) is 2.53. The molecule has 1 aromatic carbocycles. The summed E-state index contributed by atoms with van der Waals surface area (Å²) in [5.41, 5.74) is 3.80. The quantitative estimate of drug-likeness (QED) is 0.537. The summed E-state index contributed by atoms with van der Waals surface area (Å²) in [4.78, 5) is 20.1. The van der Waals surface area contributed by atoms with E-state index in [0.717, 1.165) is 67.2 Å². The maximum atomic E-state index is 13.2. The third-order valence-corrected chi connectivity index (χ3v) is 6.03. The summed E-state index contributed by atoms with van der Waals surface area (Å²) in [5.74, 6) is 0.601. The summed E-state index contributed by atoms with van der Waals surface area (Å²) in [6, 6.07) is 4.10. The van der Waals surface area contributed by atoms with Crippen LogP contribution >= 0.6 is 0 Å². The molecule has 30 heavy (non-hydrogen) atoms. The highest BCUT2D eigenvalue weighted by Gasteiger charge is 2.30. The SMILES string of the molecule is C=CCn1c(CN2CCN(C)CC2)c(C(=O)OCC)c2c3c(ccc21)OCN(C)C3. The van der Waals surface area contributed by atoms with Gasteiger partial charge in [-0.25, -0.2) is 4.79 Å². The average molecular weight is 413 g/mol. The van der Waals surface area contributed by atoms with Crippen LogP contribution in [0.3, 0.4) is 0 Å². The standard InChI is InChI=1S/C23H32N4O3/c1-5-9-27-18-7-8-20-17(14-25(4)16-30-20)21(18)22(23(28)29-6-2)19(27)15-26-12-10-24(3)11-13-26/h5,7-8H,1,6,9-16H2,2-4H3. The smallest absolute Gasteiger partial charge is 0.340 e. The van der Waals surface area contributed by atoms with Gasteiger partial charge >= 0.3 is 5.97 Å². The molecule has 2 aliphatic rings. The zero-order valence-corrected chi connectivity index (χ0v) is 18.3. The van der Waals surface area contributed by atoms with E-state index in [1.807, 2.05) is 26.1 Å². The van der Waals surface area contributed by atoms with E-state index in [9.17, 15) is 4.79 Å². The summed E-state index contributed by atoms with van der Waals surface area (Å²) < 4.78 is 13.7. The van der Waals surface area contributed by atoms with Crippen molar-refractivity contribution in [1.29, 1.82) is 0 Å². The molecule has 4 rings (SSSR count). The van der Waals surface area contributed by atoms with E-state index >= 15 is 0 Å². The van der Waals surface area contributed by atoms with Gasteiger partial charge in [0, 0.05) is 62.5 Å². The van der Waals surface area contributed by atoms with Crippen molar-refractivity contribution in [3.05, 3.63) is 41.6 Å². The van der Waals surface area contributed by atoms with Gasteiger partial charge in [-0.3, -0.25) is 9.80 Å². The highest BCUT2D eigenvalue weighted by atomic mass is 16.5. The molecule has 3 heterocycles. The molecule has 0 amide bonds. The second-order valence-corrected chi connectivity index (χ2v) is 8.24. The van der Waals surface area contributed by atoms with Gasteiger partial charge in [0.2, 0.25) is 0 Å². The minimum Gasteiger partial charge on any atom is -0.478 e. The summed E-state index contributed by atoms with van der Waals surface area (Å²) in [7, 11) is 4.18. The fourth-order valence-corrected chi connectivity index (χ4v) is 4.48. The van der Waals surface area contributed by atoms with Crippen molar-refractivity contribution in [3.63, 3.8) is 0 Å². The second kappa shape index (κ2) is 8.79. The van der Waals surface area contributed by atoms with Crippen molar-refractivity contribution in [1.82, 2.24) is 19.3 Å². The van der Waals surface area contributed by atoms with E-state index in [-0.39, 0.29) is 5.97 Å². The number of hydrogen-bond acceptors (Lipinski definition) is 6. The molecule has 1 aromatic heterocycles. The molecule has 0 radical (unpaired) electrons. The molecule has 7 nitrogen and oxygen atoms in total. The first-order chi connectivity index (χ1) is 14.5. The molecule has 0 unspecified atom stereocenters. The summed E-state index contributed by atoms with van der Waals surface area (Å²) in [6.45, 7) is 12.9. The molecule has 0 aliphatic carbocycles. The van der Waals surface area contributed by atoms with Crippen LogP contribution in [0.1, 0.15) is 28.5 Å². The van der Waals surface area contributed by atoms with Crippen molar-refractivity contribution >= 4 is 16.9 Å². The number of hydrogen-bond donors (Lipinski definition) is 0. The predicted molar refractivity (Wildman–Crippen MR) is 118 cm³/mol. The molecule has 2 aliphatic heterocycles. The Morgan fingerprint density at radius 2 is 1.97 bits per heavy atom. The molecule has 162 valence electrons. The number of esters is 1. The zero-order valence-electron chi connectivity index (χ0n) is 18.3. The lowest BCUT2D eigenvalue weighted by Gasteiger charge is -2.32. The highest BCUT2D eigenvalue weighted by Crippen LogP contribution is 2.38. The van der Waals surface area contributed by atoms with Gasteiger partial charge in [-0.1, -0.05) is 6.08 Å². The number of carbonyl (C=O) groups excluding carboxylic acids is 1. The Labute approximate surface area is 178 Å². The summed E-state index contributed by atoms with van der Waals surface area (Å²) in [5, 5.41) is 0.962. The Balaban J connectivity index is 1.89. The Hall–Kier alpha value is -2.35. The van der Waals surface area contributed by atoms with E-state index in [0.29, 0.717) is 25.4 Å². The topological polar surface area (TPSA) is 50.2 Å². The first kappa shape index (κ1) is 20.9. The minimum absolute atomic E-state index is 0.254. The van der Waals surface area contributed by atoms with Gasteiger partial charge in [0.15, 0.2) is 0 Å². The highest BCUT2D eigenvalue weighted by molar-refractivity contribution is 6.08. The lowest BCUT2D eigenvalue weighted by atomic mass is 10.0. The van der Waals surface area contributed by atoms with Gasteiger partial charge in [-0.2, -0.15) is 0 Å². The monoisotopic (exact) mass is 412 g/mol. The molecule has 0 N–H and O–H groups in total. The lowest BCUT2D eigenvalue weighted by Crippen LogP contribution is -2.44. The van der Waals surface area contributed by atoms with Crippen LogP contribution in [0, 0.1) is 0 Å². The number of aromatic nitrogens is 1. The van der Waals surface area contributed by atoms with Gasteiger partial charge in [0.05, 0.1) is 17.7 Å². The molecular formula is C23H32N4O3. The van der Waals surface area contributed by atoms with Crippen molar-refractivity contribution in [3.8, 4) is 5.75 Å². The van der Waals surface area contributed by atoms with Crippen LogP contribution in [0.4, 0.5) is 0 Å². The Bertz CT molecular complexity index is 944. The Kier molecular flexibility index (Phi) is 6.13. The molecule has 2 aromatic rings. The van der Waals surface area contributed by atoms with E-state index in [2.05, 4.69) is 39.0 Å². The Morgan fingerprint density at radius 1 is 1.20 bits per heavy atom. The lowest BCUT2D eigenvalue weighted by molar-refractivity contribution is 0.0524. The maximum Gasteiger partial charge on any atom is 0.340 e. The molecule has 1 saturated heterocycles. The summed E-state index contributed by atoms with van der Waals surface area (Å²) >= 11 is 0. The zero-order chi connectivity index (χ0) is 21.3. The van der Waals surface area contributed by atoms with Crippen molar-refractivity contribution in [2.75, 3.05) is 53.6 Å².